The van der Waals surface area contributed by atoms with E-state index in [0.29, 0.717) is 23.3 Å². The predicted octanol–water partition coefficient (Wildman–Crippen LogP) is 3.29. The van der Waals surface area contributed by atoms with E-state index in [1.54, 1.807) is 6.20 Å². The van der Waals surface area contributed by atoms with Crippen LogP contribution in [0.25, 0.3) is 0 Å². The third-order valence-electron chi connectivity index (χ3n) is 5.87. The summed E-state index contributed by atoms with van der Waals surface area (Å²) in [7, 11) is 1.47. The van der Waals surface area contributed by atoms with Gasteiger partial charge >= 0.3 is 5.97 Å². The summed E-state index contributed by atoms with van der Waals surface area (Å²) in [5.74, 6) is 1.40. The molecule has 0 radical (unpaired) electrons. The first-order chi connectivity index (χ1) is 11.6. The van der Waals surface area contributed by atoms with Crippen molar-refractivity contribution in [3.05, 3.63) is 23.9 Å². The number of nitriles is 1. The van der Waals surface area contributed by atoms with E-state index >= 15 is 0 Å². The number of anilines is 1. The molecule has 1 aromatic rings. The number of aromatic nitrogens is 1. The smallest absolute Gasteiger partial charge is 0.305 e. The van der Waals surface area contributed by atoms with Crippen LogP contribution in [0.15, 0.2) is 18.3 Å². The summed E-state index contributed by atoms with van der Waals surface area (Å²) < 4.78 is 4.80. The summed E-state index contributed by atoms with van der Waals surface area (Å²) in [6.07, 6.45) is 9.35. The van der Waals surface area contributed by atoms with Crippen LogP contribution in [0.5, 0.6) is 0 Å². The third-order valence-corrected chi connectivity index (χ3v) is 5.87. The maximum absolute atomic E-state index is 11.4. The van der Waals surface area contributed by atoms with Crippen LogP contribution in [0.2, 0.25) is 0 Å². The summed E-state index contributed by atoms with van der Waals surface area (Å²) in [6, 6.07) is 5.90. The minimum Gasteiger partial charge on any atom is -0.469 e. The van der Waals surface area contributed by atoms with Crippen molar-refractivity contribution in [1.29, 1.82) is 5.26 Å². The van der Waals surface area contributed by atoms with Crippen molar-refractivity contribution in [2.24, 2.45) is 11.3 Å². The van der Waals surface area contributed by atoms with Gasteiger partial charge in [-0.1, -0.05) is 0 Å². The molecule has 1 saturated heterocycles. The molecule has 1 aliphatic heterocycles. The highest BCUT2D eigenvalue weighted by Crippen LogP contribution is 2.47. The Morgan fingerprint density at radius 2 is 2.04 bits per heavy atom. The number of esters is 1. The number of hydrogen-bond donors (Lipinski definition) is 0. The van der Waals surface area contributed by atoms with Crippen molar-refractivity contribution in [2.45, 2.75) is 44.9 Å². The van der Waals surface area contributed by atoms with Gasteiger partial charge in [0.15, 0.2) is 0 Å². The lowest BCUT2D eigenvalue weighted by atomic mass is 9.65. The fraction of sp³-hybridized carbons (Fsp3) is 0.632. The van der Waals surface area contributed by atoms with Gasteiger partial charge in [-0.2, -0.15) is 5.26 Å². The molecule has 3 rings (SSSR count). The second-order valence-corrected chi connectivity index (χ2v) is 7.23. The standard InChI is InChI=1S/C19H25N3O2/c1-24-18(23)12-15-4-6-19(7-5-15)8-10-22(11-9-19)17-3-2-16(13-20)14-21-17/h2-3,14-15H,4-12H2,1H3. The molecule has 128 valence electrons. The van der Waals surface area contributed by atoms with E-state index in [1.165, 1.54) is 32.8 Å². The molecule has 0 N–H and O–H groups in total. The highest BCUT2D eigenvalue weighted by molar-refractivity contribution is 5.69. The lowest BCUT2D eigenvalue weighted by Gasteiger charge is -2.46. The van der Waals surface area contributed by atoms with Gasteiger partial charge in [-0.15, -0.1) is 0 Å². The van der Waals surface area contributed by atoms with E-state index in [-0.39, 0.29) is 5.97 Å². The fourth-order valence-corrected chi connectivity index (χ4v) is 4.16. The molecule has 1 aliphatic carbocycles. The van der Waals surface area contributed by atoms with Gasteiger partial charge in [-0.05, 0) is 62.0 Å². The molecule has 1 saturated carbocycles. The van der Waals surface area contributed by atoms with Crippen molar-refractivity contribution in [3.8, 4) is 6.07 Å². The van der Waals surface area contributed by atoms with Crippen LogP contribution in [-0.4, -0.2) is 31.2 Å². The first-order valence-corrected chi connectivity index (χ1v) is 8.82. The normalized spacial score (nSPS) is 20.6. The Hall–Kier alpha value is -2.09. The Bertz CT molecular complexity index is 602. The number of carbonyl (C=O) groups excluding carboxylic acids is 1. The Morgan fingerprint density at radius 3 is 2.58 bits per heavy atom. The van der Waals surface area contributed by atoms with E-state index in [0.717, 1.165) is 31.7 Å². The van der Waals surface area contributed by atoms with E-state index in [9.17, 15) is 4.79 Å². The van der Waals surface area contributed by atoms with Gasteiger partial charge in [0.05, 0.1) is 12.7 Å². The van der Waals surface area contributed by atoms with E-state index in [1.807, 2.05) is 12.1 Å². The summed E-state index contributed by atoms with van der Waals surface area (Å²) in [6.45, 7) is 2.06. The largest absolute Gasteiger partial charge is 0.469 e. The topological polar surface area (TPSA) is 66.2 Å². The zero-order valence-corrected chi connectivity index (χ0v) is 14.3. The Labute approximate surface area is 143 Å². The van der Waals surface area contributed by atoms with Gasteiger partial charge in [0.2, 0.25) is 0 Å². The van der Waals surface area contributed by atoms with E-state index in [4.69, 9.17) is 10.00 Å². The Kier molecular flexibility index (Phi) is 5.03. The van der Waals surface area contributed by atoms with Gasteiger partial charge < -0.3 is 9.64 Å². The number of ether oxygens (including phenoxy) is 1. The van der Waals surface area contributed by atoms with Crippen molar-refractivity contribution in [1.82, 2.24) is 4.98 Å². The van der Waals surface area contributed by atoms with Crippen molar-refractivity contribution < 1.29 is 9.53 Å². The molecule has 1 aromatic heterocycles. The van der Waals surface area contributed by atoms with Gasteiger partial charge in [-0.3, -0.25) is 4.79 Å². The maximum atomic E-state index is 11.4. The van der Waals surface area contributed by atoms with Gasteiger partial charge in [0.25, 0.3) is 0 Å². The molecule has 0 aromatic carbocycles. The molecule has 0 unspecified atom stereocenters. The van der Waals surface area contributed by atoms with Gasteiger partial charge in [-0.25, -0.2) is 4.98 Å². The van der Waals surface area contributed by atoms with Crippen LogP contribution < -0.4 is 4.90 Å². The minimum absolute atomic E-state index is 0.0716. The number of nitrogens with zero attached hydrogens (tertiary/aromatic N) is 3. The first-order valence-electron chi connectivity index (χ1n) is 8.82. The van der Waals surface area contributed by atoms with Crippen LogP contribution in [0.1, 0.15) is 50.5 Å². The zero-order chi connectivity index (χ0) is 17.0. The number of rotatable bonds is 3. The first kappa shape index (κ1) is 16.8. The molecular weight excluding hydrogens is 302 g/mol. The van der Waals surface area contributed by atoms with Crippen LogP contribution >= 0.6 is 0 Å². The van der Waals surface area contributed by atoms with Crippen LogP contribution in [-0.2, 0) is 9.53 Å². The molecule has 24 heavy (non-hydrogen) atoms. The minimum atomic E-state index is -0.0716. The molecule has 0 atom stereocenters. The number of piperidine rings is 1. The van der Waals surface area contributed by atoms with E-state index in [2.05, 4.69) is 16.0 Å². The van der Waals surface area contributed by atoms with Crippen molar-refractivity contribution in [2.75, 3.05) is 25.1 Å². The Morgan fingerprint density at radius 1 is 1.33 bits per heavy atom. The zero-order valence-electron chi connectivity index (χ0n) is 14.3. The Balaban J connectivity index is 1.52. The quantitative estimate of drug-likeness (QED) is 0.797. The lowest BCUT2D eigenvalue weighted by Crippen LogP contribution is -2.42. The van der Waals surface area contributed by atoms with Crippen LogP contribution in [0.4, 0.5) is 5.82 Å². The molecular formula is C19H25N3O2. The summed E-state index contributed by atoms with van der Waals surface area (Å²) in [5, 5.41) is 8.86. The summed E-state index contributed by atoms with van der Waals surface area (Å²) in [5.41, 5.74) is 1.06. The predicted molar refractivity (Wildman–Crippen MR) is 91.4 cm³/mol. The molecule has 0 amide bonds. The lowest BCUT2D eigenvalue weighted by molar-refractivity contribution is -0.142. The second kappa shape index (κ2) is 7.21. The molecule has 5 heteroatoms. The maximum Gasteiger partial charge on any atom is 0.305 e. The SMILES string of the molecule is COC(=O)CC1CCC2(CC1)CCN(c1ccc(C#N)cn1)CC2. The highest BCUT2D eigenvalue weighted by Gasteiger charge is 2.38. The van der Waals surface area contributed by atoms with Gasteiger partial charge in [0.1, 0.15) is 11.9 Å². The second-order valence-electron chi connectivity index (χ2n) is 7.23. The number of carbonyl (C=O) groups is 1. The molecule has 2 fully saturated rings. The average Bonchev–Trinajstić information content (AvgIpc) is 2.64. The van der Waals surface area contributed by atoms with Crippen LogP contribution in [0.3, 0.4) is 0 Å². The average molecular weight is 327 g/mol. The molecule has 2 aliphatic rings. The van der Waals surface area contributed by atoms with Gasteiger partial charge in [0, 0.05) is 25.7 Å². The molecule has 5 nitrogen and oxygen atoms in total. The summed E-state index contributed by atoms with van der Waals surface area (Å²) >= 11 is 0. The summed E-state index contributed by atoms with van der Waals surface area (Å²) in [4.78, 5) is 18.2. The number of methoxy groups -OCH3 is 1. The van der Waals surface area contributed by atoms with Crippen molar-refractivity contribution >= 4 is 11.8 Å². The molecule has 1 spiro atoms. The monoisotopic (exact) mass is 327 g/mol. The highest BCUT2D eigenvalue weighted by atomic mass is 16.5. The van der Waals surface area contributed by atoms with Crippen molar-refractivity contribution in [3.63, 3.8) is 0 Å². The third kappa shape index (κ3) is 3.69. The molecule has 2 heterocycles. The molecule has 0 bridgehead atoms. The number of pyridine rings is 1. The van der Waals surface area contributed by atoms with E-state index < -0.39 is 0 Å². The fourth-order valence-electron chi connectivity index (χ4n) is 4.16. The number of hydrogen-bond acceptors (Lipinski definition) is 5. The van der Waals surface area contributed by atoms with Crippen LogP contribution in [0, 0.1) is 22.7 Å².